The third-order valence-electron chi connectivity index (χ3n) is 3.95. The molecule has 0 saturated heterocycles. The van der Waals surface area contributed by atoms with Crippen LogP contribution in [0.1, 0.15) is 29.8 Å². The van der Waals surface area contributed by atoms with Crippen LogP contribution in [-0.2, 0) is 10.0 Å². The third kappa shape index (κ3) is 4.38. The molecule has 0 fully saturated rings. The van der Waals surface area contributed by atoms with E-state index in [1.54, 1.807) is 39.0 Å². The summed E-state index contributed by atoms with van der Waals surface area (Å²) < 4.78 is 26.9. The smallest absolute Gasteiger partial charge is 0.255 e. The van der Waals surface area contributed by atoms with Crippen LogP contribution < -0.4 is 5.32 Å². The number of benzene rings is 2. The number of aryl methyl sites for hydroxylation is 1. The van der Waals surface area contributed by atoms with Crippen LogP contribution in [0.3, 0.4) is 0 Å². The molecule has 0 bridgehead atoms. The van der Waals surface area contributed by atoms with Crippen molar-refractivity contribution >= 4 is 44.8 Å². The van der Waals surface area contributed by atoms with Gasteiger partial charge in [-0.05, 0) is 42.8 Å². The monoisotopic (exact) mass is 414 g/mol. The van der Waals surface area contributed by atoms with Crippen molar-refractivity contribution < 1.29 is 13.2 Å². The molecule has 0 unspecified atom stereocenters. The molecule has 140 valence electrons. The van der Waals surface area contributed by atoms with Gasteiger partial charge in [0.2, 0.25) is 10.0 Å². The number of carbonyl (C=O) groups excluding carboxylic acids is 1. The maximum atomic E-state index is 12.8. The highest BCUT2D eigenvalue weighted by molar-refractivity contribution is 7.89. The first-order valence-corrected chi connectivity index (χ1v) is 10.3. The molecule has 0 aromatic heterocycles. The molecule has 1 amide bonds. The summed E-state index contributed by atoms with van der Waals surface area (Å²) >= 11 is 11.8. The van der Waals surface area contributed by atoms with Crippen molar-refractivity contribution in [1.29, 1.82) is 0 Å². The SMILES string of the molecule is CCN(CC)S(=O)(=O)c1cc(NC(=O)c2ccc(Cl)c(Cl)c2)ccc1C. The van der Waals surface area contributed by atoms with Crippen molar-refractivity contribution in [2.45, 2.75) is 25.7 Å². The highest BCUT2D eigenvalue weighted by atomic mass is 35.5. The van der Waals surface area contributed by atoms with E-state index in [1.165, 1.54) is 22.5 Å². The van der Waals surface area contributed by atoms with Crippen LogP contribution >= 0.6 is 23.2 Å². The van der Waals surface area contributed by atoms with Gasteiger partial charge in [-0.2, -0.15) is 4.31 Å². The quantitative estimate of drug-likeness (QED) is 0.751. The van der Waals surface area contributed by atoms with E-state index in [2.05, 4.69) is 5.32 Å². The largest absolute Gasteiger partial charge is 0.322 e. The molecule has 0 aliphatic heterocycles. The maximum absolute atomic E-state index is 12.8. The van der Waals surface area contributed by atoms with Crippen LogP contribution in [-0.4, -0.2) is 31.7 Å². The molecule has 0 aliphatic carbocycles. The van der Waals surface area contributed by atoms with Gasteiger partial charge in [-0.25, -0.2) is 8.42 Å². The Bertz CT molecular complexity index is 926. The number of hydrogen-bond acceptors (Lipinski definition) is 3. The standard InChI is InChI=1S/C18H20Cl2N2O3S/c1-4-22(5-2)26(24,25)17-11-14(8-6-12(17)3)21-18(23)13-7-9-15(19)16(20)10-13/h6-11H,4-5H2,1-3H3,(H,21,23). The molecular formula is C18H20Cl2N2O3S. The molecule has 2 aromatic carbocycles. The molecule has 8 heteroatoms. The Morgan fingerprint density at radius 1 is 1.04 bits per heavy atom. The molecule has 26 heavy (non-hydrogen) atoms. The highest BCUT2D eigenvalue weighted by Crippen LogP contribution is 2.25. The first-order chi connectivity index (χ1) is 12.2. The number of carbonyl (C=O) groups is 1. The van der Waals surface area contributed by atoms with Gasteiger partial charge in [0.15, 0.2) is 0 Å². The van der Waals surface area contributed by atoms with Crippen molar-refractivity contribution in [3.8, 4) is 0 Å². The number of halogens is 2. The normalized spacial score (nSPS) is 11.6. The van der Waals surface area contributed by atoms with E-state index in [9.17, 15) is 13.2 Å². The predicted octanol–water partition coefficient (Wildman–Crippen LogP) is 4.58. The lowest BCUT2D eigenvalue weighted by molar-refractivity contribution is 0.102. The second-order valence-corrected chi connectivity index (χ2v) is 8.37. The average molecular weight is 415 g/mol. The lowest BCUT2D eigenvalue weighted by Gasteiger charge is -2.20. The fraction of sp³-hybridized carbons (Fsp3) is 0.278. The second-order valence-electron chi connectivity index (χ2n) is 5.65. The number of sulfonamides is 1. The molecule has 1 N–H and O–H groups in total. The number of rotatable bonds is 6. The van der Waals surface area contributed by atoms with Crippen molar-refractivity contribution in [1.82, 2.24) is 4.31 Å². The van der Waals surface area contributed by atoms with Crippen LogP contribution in [0.5, 0.6) is 0 Å². The van der Waals surface area contributed by atoms with Crippen molar-refractivity contribution in [2.75, 3.05) is 18.4 Å². The zero-order chi connectivity index (χ0) is 19.5. The number of hydrogen-bond donors (Lipinski definition) is 1. The minimum Gasteiger partial charge on any atom is -0.322 e. The Morgan fingerprint density at radius 2 is 1.69 bits per heavy atom. The Hall–Kier alpha value is -1.60. The van der Waals surface area contributed by atoms with Gasteiger partial charge in [0.25, 0.3) is 5.91 Å². The van der Waals surface area contributed by atoms with Crippen LogP contribution in [0.15, 0.2) is 41.3 Å². The summed E-state index contributed by atoms with van der Waals surface area (Å²) in [6.45, 7) is 6.04. The van der Waals surface area contributed by atoms with E-state index >= 15 is 0 Å². The van der Waals surface area contributed by atoms with Crippen LogP contribution in [0.25, 0.3) is 0 Å². The molecule has 0 saturated carbocycles. The van der Waals surface area contributed by atoms with Gasteiger partial charge in [0.05, 0.1) is 14.9 Å². The molecule has 0 heterocycles. The van der Waals surface area contributed by atoms with Crippen molar-refractivity contribution in [3.05, 3.63) is 57.6 Å². The molecule has 0 atom stereocenters. The molecule has 2 aromatic rings. The first kappa shape index (κ1) is 20.7. The van der Waals surface area contributed by atoms with E-state index in [4.69, 9.17) is 23.2 Å². The molecular weight excluding hydrogens is 395 g/mol. The summed E-state index contributed by atoms with van der Waals surface area (Å²) in [5.74, 6) is -0.404. The highest BCUT2D eigenvalue weighted by Gasteiger charge is 2.24. The Labute approximate surface area is 164 Å². The van der Waals surface area contributed by atoms with E-state index in [0.717, 1.165) is 0 Å². The van der Waals surface area contributed by atoms with Gasteiger partial charge in [-0.1, -0.05) is 43.1 Å². The van der Waals surface area contributed by atoms with Crippen molar-refractivity contribution in [2.24, 2.45) is 0 Å². The number of nitrogens with zero attached hydrogens (tertiary/aromatic N) is 1. The van der Waals surface area contributed by atoms with Crippen LogP contribution in [0, 0.1) is 6.92 Å². The van der Waals surface area contributed by atoms with Gasteiger partial charge < -0.3 is 5.32 Å². The molecule has 0 aliphatic rings. The summed E-state index contributed by atoms with van der Waals surface area (Å²) in [5.41, 5.74) is 1.33. The summed E-state index contributed by atoms with van der Waals surface area (Å²) in [6, 6.07) is 9.34. The molecule has 5 nitrogen and oxygen atoms in total. The zero-order valence-electron chi connectivity index (χ0n) is 14.7. The second kappa shape index (κ2) is 8.39. The van der Waals surface area contributed by atoms with Crippen molar-refractivity contribution in [3.63, 3.8) is 0 Å². The topological polar surface area (TPSA) is 66.5 Å². The molecule has 0 radical (unpaired) electrons. The Kier molecular flexibility index (Phi) is 6.69. The van der Waals surface area contributed by atoms with E-state index < -0.39 is 15.9 Å². The van der Waals surface area contributed by atoms with E-state index in [1.807, 2.05) is 0 Å². The maximum Gasteiger partial charge on any atom is 0.255 e. The fourth-order valence-electron chi connectivity index (χ4n) is 2.50. The van der Waals surface area contributed by atoms with E-state index in [0.29, 0.717) is 34.9 Å². The number of anilines is 1. The summed E-state index contributed by atoms with van der Waals surface area (Å²) in [4.78, 5) is 12.6. The van der Waals surface area contributed by atoms with Gasteiger partial charge >= 0.3 is 0 Å². The van der Waals surface area contributed by atoms with Crippen LogP contribution in [0.4, 0.5) is 5.69 Å². The summed E-state index contributed by atoms with van der Waals surface area (Å²) in [5, 5.41) is 3.32. The first-order valence-electron chi connectivity index (χ1n) is 8.07. The fourth-order valence-corrected chi connectivity index (χ4v) is 4.51. The van der Waals surface area contributed by atoms with E-state index in [-0.39, 0.29) is 9.92 Å². The zero-order valence-corrected chi connectivity index (χ0v) is 17.0. The van der Waals surface area contributed by atoms with Crippen LogP contribution in [0.2, 0.25) is 10.0 Å². The Morgan fingerprint density at radius 3 is 2.27 bits per heavy atom. The molecule has 2 rings (SSSR count). The lowest BCUT2D eigenvalue weighted by atomic mass is 10.2. The van der Waals surface area contributed by atoms with Gasteiger partial charge in [-0.3, -0.25) is 4.79 Å². The van der Waals surface area contributed by atoms with Gasteiger partial charge in [-0.15, -0.1) is 0 Å². The average Bonchev–Trinajstić information content (AvgIpc) is 2.59. The number of nitrogens with one attached hydrogen (secondary N) is 1. The summed E-state index contributed by atoms with van der Waals surface area (Å²) in [7, 11) is -3.62. The number of amides is 1. The Balaban J connectivity index is 2.35. The molecule has 0 spiro atoms. The van der Waals surface area contributed by atoms with Gasteiger partial charge in [0.1, 0.15) is 0 Å². The minimum absolute atomic E-state index is 0.174. The minimum atomic E-state index is -3.62. The lowest BCUT2D eigenvalue weighted by Crippen LogP contribution is -2.31. The van der Waals surface area contributed by atoms with Gasteiger partial charge in [0, 0.05) is 24.3 Å². The predicted molar refractivity (Wildman–Crippen MR) is 106 cm³/mol. The summed E-state index contributed by atoms with van der Waals surface area (Å²) in [6.07, 6.45) is 0. The third-order valence-corrected chi connectivity index (χ3v) is 6.88.